The van der Waals surface area contributed by atoms with Crippen molar-refractivity contribution in [3.63, 3.8) is 0 Å². The maximum Gasteiger partial charge on any atom is 0.244 e. The lowest BCUT2D eigenvalue weighted by atomic mass is 10.0. The van der Waals surface area contributed by atoms with E-state index in [0.29, 0.717) is 6.54 Å². The van der Waals surface area contributed by atoms with Gasteiger partial charge in [-0.25, -0.2) is 0 Å². The van der Waals surface area contributed by atoms with Crippen LogP contribution in [0.2, 0.25) is 0 Å². The molecule has 0 unspecified atom stereocenters. The molecule has 5 heteroatoms. The topological polar surface area (TPSA) is 44.8 Å². The summed E-state index contributed by atoms with van der Waals surface area (Å²) in [5.74, 6) is 1.95. The Morgan fingerprint density at radius 1 is 1.00 bits per heavy atom. The molecule has 0 radical (unpaired) electrons. The molecule has 4 rings (SSSR count). The Kier molecular flexibility index (Phi) is 8.18. The van der Waals surface area contributed by atoms with Gasteiger partial charge in [-0.15, -0.1) is 0 Å². The quantitative estimate of drug-likeness (QED) is 0.640. The fourth-order valence-corrected chi connectivity index (χ4v) is 5.00. The van der Waals surface area contributed by atoms with Gasteiger partial charge in [-0.1, -0.05) is 68.1 Å². The molecule has 1 aliphatic heterocycles. The molecule has 32 heavy (non-hydrogen) atoms. The number of piperazine rings is 1. The summed E-state index contributed by atoms with van der Waals surface area (Å²) in [4.78, 5) is 18.1. The maximum atomic E-state index is 13.5. The van der Waals surface area contributed by atoms with Crippen molar-refractivity contribution in [2.24, 2.45) is 5.92 Å². The van der Waals surface area contributed by atoms with Crippen LogP contribution in [0.25, 0.3) is 0 Å². The third kappa shape index (κ3) is 6.11. The van der Waals surface area contributed by atoms with E-state index in [1.165, 1.54) is 38.6 Å². The number of rotatable bonds is 9. The van der Waals surface area contributed by atoms with Gasteiger partial charge in [-0.3, -0.25) is 15.0 Å². The summed E-state index contributed by atoms with van der Waals surface area (Å²) in [7, 11) is 1.67. The Hall–Kier alpha value is -2.37. The molecule has 1 amide bonds. The standard InChI is InChI=1S/C27H37N3O2/c1-32-25-13-11-23(12-14-25)21-28-26(24-9-3-2-4-10-24)27(31)30-19-17-29(18-20-30)16-15-22-7-5-6-8-22/h2-4,9-14,22,26,28H,5-8,15-21H2,1H3/t26-/m1/s1. The first-order chi connectivity index (χ1) is 15.7. The van der Waals surface area contributed by atoms with Gasteiger partial charge in [0.05, 0.1) is 7.11 Å². The molecule has 1 atom stereocenters. The minimum absolute atomic E-state index is 0.181. The number of hydrogen-bond acceptors (Lipinski definition) is 4. The van der Waals surface area contributed by atoms with Crippen LogP contribution in [0.15, 0.2) is 54.6 Å². The summed E-state index contributed by atoms with van der Waals surface area (Å²) in [5.41, 5.74) is 2.16. The molecule has 5 nitrogen and oxygen atoms in total. The Bertz CT molecular complexity index is 826. The van der Waals surface area contributed by atoms with E-state index in [1.54, 1.807) is 7.11 Å². The second kappa shape index (κ2) is 11.5. The number of methoxy groups -OCH3 is 1. The predicted molar refractivity (Wildman–Crippen MR) is 129 cm³/mol. The van der Waals surface area contributed by atoms with Crippen molar-refractivity contribution in [3.8, 4) is 5.75 Å². The Morgan fingerprint density at radius 3 is 2.34 bits per heavy atom. The molecule has 2 fully saturated rings. The number of hydrogen-bond donors (Lipinski definition) is 1. The Morgan fingerprint density at radius 2 is 1.69 bits per heavy atom. The monoisotopic (exact) mass is 435 g/mol. The number of carbonyl (C=O) groups is 1. The normalized spacial score (nSPS) is 18.6. The van der Waals surface area contributed by atoms with Gasteiger partial charge in [0.2, 0.25) is 5.91 Å². The number of nitrogens with zero attached hydrogens (tertiary/aromatic N) is 2. The summed E-state index contributed by atoms with van der Waals surface area (Å²) < 4.78 is 5.25. The molecule has 1 N–H and O–H groups in total. The van der Waals surface area contributed by atoms with Crippen LogP contribution in [0.4, 0.5) is 0 Å². The number of benzene rings is 2. The average Bonchev–Trinajstić information content (AvgIpc) is 3.38. The van der Waals surface area contributed by atoms with Crippen LogP contribution in [0.3, 0.4) is 0 Å². The van der Waals surface area contributed by atoms with E-state index in [0.717, 1.165) is 49.0 Å². The van der Waals surface area contributed by atoms with Crippen LogP contribution >= 0.6 is 0 Å². The summed E-state index contributed by atoms with van der Waals surface area (Å²) in [6.45, 7) is 5.42. The van der Waals surface area contributed by atoms with Crippen molar-refractivity contribution in [3.05, 3.63) is 65.7 Å². The van der Waals surface area contributed by atoms with E-state index in [9.17, 15) is 4.79 Å². The van der Waals surface area contributed by atoms with Crippen molar-refractivity contribution in [1.29, 1.82) is 0 Å². The lowest BCUT2D eigenvalue weighted by Gasteiger charge is -2.37. The lowest BCUT2D eigenvalue weighted by molar-refractivity contribution is -0.135. The highest BCUT2D eigenvalue weighted by Crippen LogP contribution is 2.28. The SMILES string of the molecule is COc1ccc(CN[C@@H](C(=O)N2CCN(CCC3CCCC3)CC2)c2ccccc2)cc1. The number of ether oxygens (including phenoxy) is 1. The van der Waals surface area contributed by atoms with Gasteiger partial charge in [-0.2, -0.15) is 0 Å². The highest BCUT2D eigenvalue weighted by molar-refractivity contribution is 5.83. The minimum Gasteiger partial charge on any atom is -0.497 e. The third-order valence-electron chi connectivity index (χ3n) is 7.06. The minimum atomic E-state index is -0.330. The summed E-state index contributed by atoms with van der Waals surface area (Å²) in [6, 6.07) is 17.8. The lowest BCUT2D eigenvalue weighted by Crippen LogP contribution is -2.51. The van der Waals surface area contributed by atoms with E-state index in [1.807, 2.05) is 59.5 Å². The van der Waals surface area contributed by atoms with Crippen LogP contribution < -0.4 is 10.1 Å². The molecular weight excluding hydrogens is 398 g/mol. The zero-order valence-corrected chi connectivity index (χ0v) is 19.3. The van der Waals surface area contributed by atoms with Crippen LogP contribution in [0.1, 0.15) is 49.3 Å². The predicted octanol–water partition coefficient (Wildman–Crippen LogP) is 4.25. The molecular formula is C27H37N3O2. The molecule has 1 saturated heterocycles. The largest absolute Gasteiger partial charge is 0.497 e. The van der Waals surface area contributed by atoms with Gasteiger partial charge in [0, 0.05) is 32.7 Å². The maximum absolute atomic E-state index is 13.5. The first kappa shape index (κ1) is 22.8. The zero-order chi connectivity index (χ0) is 22.2. The molecule has 2 aromatic carbocycles. The van der Waals surface area contributed by atoms with Crippen molar-refractivity contribution >= 4 is 5.91 Å². The van der Waals surface area contributed by atoms with Gasteiger partial charge in [0.1, 0.15) is 11.8 Å². The highest BCUT2D eigenvalue weighted by Gasteiger charge is 2.28. The highest BCUT2D eigenvalue weighted by atomic mass is 16.5. The molecule has 0 aromatic heterocycles. The molecule has 1 saturated carbocycles. The zero-order valence-electron chi connectivity index (χ0n) is 19.3. The third-order valence-corrected chi connectivity index (χ3v) is 7.06. The van der Waals surface area contributed by atoms with E-state index in [-0.39, 0.29) is 11.9 Å². The molecule has 1 heterocycles. The van der Waals surface area contributed by atoms with Crippen molar-refractivity contribution in [2.75, 3.05) is 39.8 Å². The average molecular weight is 436 g/mol. The molecule has 0 spiro atoms. The fourth-order valence-electron chi connectivity index (χ4n) is 5.00. The van der Waals surface area contributed by atoms with Crippen molar-refractivity contribution < 1.29 is 9.53 Å². The van der Waals surface area contributed by atoms with Gasteiger partial charge < -0.3 is 9.64 Å². The van der Waals surface area contributed by atoms with Gasteiger partial charge in [-0.05, 0) is 42.1 Å². The smallest absolute Gasteiger partial charge is 0.244 e. The van der Waals surface area contributed by atoms with E-state index in [2.05, 4.69) is 10.2 Å². The van der Waals surface area contributed by atoms with Crippen molar-refractivity contribution in [1.82, 2.24) is 15.1 Å². The van der Waals surface area contributed by atoms with Gasteiger partial charge >= 0.3 is 0 Å². The first-order valence-corrected chi connectivity index (χ1v) is 12.2. The van der Waals surface area contributed by atoms with Crippen LogP contribution in [0.5, 0.6) is 5.75 Å². The van der Waals surface area contributed by atoms with E-state index < -0.39 is 0 Å². The molecule has 2 aliphatic rings. The molecule has 1 aliphatic carbocycles. The number of amides is 1. The Labute approximate surface area is 192 Å². The van der Waals surface area contributed by atoms with Crippen LogP contribution in [-0.2, 0) is 11.3 Å². The molecule has 0 bridgehead atoms. The summed E-state index contributed by atoms with van der Waals surface area (Å²) >= 11 is 0. The van der Waals surface area contributed by atoms with Crippen molar-refractivity contribution in [2.45, 2.75) is 44.7 Å². The second-order valence-corrected chi connectivity index (χ2v) is 9.18. The van der Waals surface area contributed by atoms with Gasteiger partial charge in [0.25, 0.3) is 0 Å². The fraction of sp³-hybridized carbons (Fsp3) is 0.519. The van der Waals surface area contributed by atoms with Crippen LogP contribution in [-0.4, -0.2) is 55.5 Å². The van der Waals surface area contributed by atoms with E-state index >= 15 is 0 Å². The second-order valence-electron chi connectivity index (χ2n) is 9.18. The van der Waals surface area contributed by atoms with Gasteiger partial charge in [0.15, 0.2) is 0 Å². The summed E-state index contributed by atoms with van der Waals surface area (Å²) in [5, 5.41) is 3.51. The number of carbonyl (C=O) groups excluding carboxylic acids is 1. The number of nitrogens with one attached hydrogen (secondary N) is 1. The Balaban J connectivity index is 1.33. The summed E-state index contributed by atoms with van der Waals surface area (Å²) in [6.07, 6.45) is 6.98. The molecule has 172 valence electrons. The molecule has 2 aromatic rings. The van der Waals surface area contributed by atoms with Crippen LogP contribution in [0, 0.1) is 5.92 Å². The first-order valence-electron chi connectivity index (χ1n) is 12.2. The van der Waals surface area contributed by atoms with E-state index in [4.69, 9.17) is 4.74 Å².